The number of nitrogens with zero attached hydrogens (tertiary/aromatic N) is 2. The third-order valence-electron chi connectivity index (χ3n) is 6.70. The predicted octanol–water partition coefficient (Wildman–Crippen LogP) is 2.88. The van der Waals surface area contributed by atoms with E-state index in [-0.39, 0.29) is 22.9 Å². The number of amides is 1. The molecule has 7 nitrogen and oxygen atoms in total. The van der Waals surface area contributed by atoms with Crippen LogP contribution in [0.15, 0.2) is 58.4 Å². The molecule has 1 saturated heterocycles. The van der Waals surface area contributed by atoms with E-state index in [1.165, 1.54) is 4.31 Å². The number of sulfonamides is 1. The van der Waals surface area contributed by atoms with E-state index in [0.717, 1.165) is 35.9 Å². The molecule has 2 aliphatic heterocycles. The fourth-order valence-electron chi connectivity index (χ4n) is 4.90. The molecule has 3 heterocycles. The lowest BCUT2D eigenvalue weighted by Gasteiger charge is -2.15. The molecule has 0 aliphatic carbocycles. The molecule has 5 rings (SSSR count). The number of rotatable bonds is 6. The van der Waals surface area contributed by atoms with Gasteiger partial charge >= 0.3 is 0 Å². The summed E-state index contributed by atoms with van der Waals surface area (Å²) in [5.74, 6) is -0.386. The average molecular weight is 466 g/mol. The van der Waals surface area contributed by atoms with Gasteiger partial charge in [-0.15, -0.1) is 0 Å². The van der Waals surface area contributed by atoms with E-state index in [0.29, 0.717) is 36.3 Å². The molecule has 3 aromatic rings. The Morgan fingerprint density at radius 1 is 1.09 bits per heavy atom. The molecule has 8 heteroatoms. The van der Waals surface area contributed by atoms with Crippen LogP contribution in [0, 0.1) is 0 Å². The van der Waals surface area contributed by atoms with Crippen molar-refractivity contribution in [3.63, 3.8) is 0 Å². The van der Waals surface area contributed by atoms with Gasteiger partial charge in [0.15, 0.2) is 0 Å². The Morgan fingerprint density at radius 2 is 1.82 bits per heavy atom. The topological polar surface area (TPSA) is 88.5 Å². The molecule has 1 N–H and O–H groups in total. The van der Waals surface area contributed by atoms with Crippen molar-refractivity contribution in [2.75, 3.05) is 19.6 Å². The summed E-state index contributed by atoms with van der Waals surface area (Å²) >= 11 is 0. The highest BCUT2D eigenvalue weighted by atomic mass is 32.2. The van der Waals surface area contributed by atoms with Crippen molar-refractivity contribution in [3.8, 4) is 0 Å². The van der Waals surface area contributed by atoms with Crippen LogP contribution in [0.2, 0.25) is 0 Å². The molecule has 0 bridgehead atoms. The van der Waals surface area contributed by atoms with Gasteiger partial charge in [0.25, 0.3) is 5.91 Å². The first-order chi connectivity index (χ1) is 15.9. The van der Waals surface area contributed by atoms with Gasteiger partial charge in [-0.2, -0.15) is 4.31 Å². The molecule has 172 valence electrons. The number of carbonyl (C=O) groups is 1. The quantitative estimate of drug-likeness (QED) is 0.606. The predicted molar refractivity (Wildman–Crippen MR) is 127 cm³/mol. The van der Waals surface area contributed by atoms with Crippen molar-refractivity contribution in [1.82, 2.24) is 14.2 Å². The number of pyridine rings is 1. The second-order valence-corrected chi connectivity index (χ2v) is 10.8. The SMILES string of the molecule is C[C@H]1Cc2cccc3c(=O)c(C(=O)NCCc4ccc(S(=O)(=O)N5CCCC5)cc4)cn1c23. The molecule has 0 radical (unpaired) electrons. The number of aromatic nitrogens is 1. The van der Waals surface area contributed by atoms with E-state index < -0.39 is 10.0 Å². The normalized spacial score (nSPS) is 18.2. The number of hydrogen-bond acceptors (Lipinski definition) is 4. The van der Waals surface area contributed by atoms with Crippen LogP contribution in [-0.4, -0.2) is 42.8 Å². The Labute approximate surface area is 193 Å². The van der Waals surface area contributed by atoms with Crippen molar-refractivity contribution >= 4 is 26.8 Å². The second-order valence-electron chi connectivity index (χ2n) is 8.91. The molecular weight excluding hydrogens is 438 g/mol. The summed E-state index contributed by atoms with van der Waals surface area (Å²) in [7, 11) is -3.43. The number of hydrogen-bond donors (Lipinski definition) is 1. The zero-order valence-electron chi connectivity index (χ0n) is 18.6. The van der Waals surface area contributed by atoms with Gasteiger partial charge in [-0.1, -0.05) is 24.3 Å². The summed E-state index contributed by atoms with van der Waals surface area (Å²) in [6.45, 7) is 3.59. The van der Waals surface area contributed by atoms with Gasteiger partial charge in [0.2, 0.25) is 15.5 Å². The van der Waals surface area contributed by atoms with Crippen LogP contribution in [0.25, 0.3) is 10.9 Å². The summed E-state index contributed by atoms with van der Waals surface area (Å²) in [5.41, 5.74) is 2.89. The van der Waals surface area contributed by atoms with Crippen LogP contribution in [-0.2, 0) is 22.9 Å². The van der Waals surface area contributed by atoms with Crippen molar-refractivity contribution < 1.29 is 13.2 Å². The van der Waals surface area contributed by atoms with Crippen LogP contribution in [0.4, 0.5) is 0 Å². The summed E-state index contributed by atoms with van der Waals surface area (Å²) in [6.07, 6.45) is 4.88. The molecule has 33 heavy (non-hydrogen) atoms. The molecule has 1 amide bonds. The molecule has 0 unspecified atom stereocenters. The molecule has 1 aromatic heterocycles. The minimum Gasteiger partial charge on any atom is -0.352 e. The van der Waals surface area contributed by atoms with Gasteiger partial charge in [0.05, 0.1) is 10.4 Å². The van der Waals surface area contributed by atoms with Crippen molar-refractivity contribution in [2.45, 2.75) is 43.5 Å². The standard InChI is InChI=1S/C25H27N3O4S/c1-17-15-19-5-4-6-21-23(19)28(17)16-22(24(21)29)25(30)26-12-11-18-7-9-20(10-8-18)33(31,32)27-13-2-3-14-27/h4-10,16-17H,2-3,11-15H2,1H3,(H,26,30)/t17-/m0/s1. The Hall–Kier alpha value is -2.97. The molecule has 1 fully saturated rings. The Kier molecular flexibility index (Phi) is 5.58. The first-order valence-corrected chi connectivity index (χ1v) is 12.8. The molecular formula is C25H27N3O4S. The van der Waals surface area contributed by atoms with Crippen LogP contribution in [0.3, 0.4) is 0 Å². The highest BCUT2D eigenvalue weighted by Gasteiger charge is 2.27. The fraction of sp³-hybridized carbons (Fsp3) is 0.360. The van der Waals surface area contributed by atoms with Gasteiger partial charge in [-0.3, -0.25) is 9.59 Å². The maximum absolute atomic E-state index is 12.9. The first-order valence-electron chi connectivity index (χ1n) is 11.4. The van der Waals surface area contributed by atoms with E-state index in [9.17, 15) is 18.0 Å². The van der Waals surface area contributed by atoms with Crippen LogP contribution in [0.1, 0.15) is 47.3 Å². The van der Waals surface area contributed by atoms with Gasteiger partial charge in [-0.25, -0.2) is 8.42 Å². The second kappa shape index (κ2) is 8.43. The zero-order valence-corrected chi connectivity index (χ0v) is 19.4. The van der Waals surface area contributed by atoms with Crippen LogP contribution in [0.5, 0.6) is 0 Å². The maximum Gasteiger partial charge on any atom is 0.256 e. The number of nitrogens with one attached hydrogen (secondary N) is 1. The summed E-state index contributed by atoms with van der Waals surface area (Å²) < 4.78 is 28.9. The van der Waals surface area contributed by atoms with E-state index in [1.54, 1.807) is 36.5 Å². The number of benzene rings is 2. The largest absolute Gasteiger partial charge is 0.352 e. The van der Waals surface area contributed by atoms with Gasteiger partial charge < -0.3 is 9.88 Å². The molecule has 0 saturated carbocycles. The summed E-state index contributed by atoms with van der Waals surface area (Å²) in [6, 6.07) is 12.7. The number of carbonyl (C=O) groups excluding carboxylic acids is 1. The highest BCUT2D eigenvalue weighted by molar-refractivity contribution is 7.89. The van der Waals surface area contributed by atoms with E-state index >= 15 is 0 Å². The van der Waals surface area contributed by atoms with Crippen LogP contribution < -0.4 is 10.7 Å². The smallest absolute Gasteiger partial charge is 0.256 e. The minimum atomic E-state index is -3.43. The van der Waals surface area contributed by atoms with Gasteiger partial charge in [0, 0.05) is 37.3 Å². The lowest BCUT2D eigenvalue weighted by atomic mass is 10.1. The lowest BCUT2D eigenvalue weighted by molar-refractivity contribution is 0.0952. The first kappa shape index (κ1) is 21.9. The lowest BCUT2D eigenvalue weighted by Crippen LogP contribution is -2.31. The van der Waals surface area contributed by atoms with Crippen molar-refractivity contribution in [1.29, 1.82) is 0 Å². The minimum absolute atomic E-state index is 0.153. The highest BCUT2D eigenvalue weighted by Crippen LogP contribution is 2.30. The van der Waals surface area contributed by atoms with Crippen molar-refractivity contribution in [3.05, 3.63) is 75.6 Å². The van der Waals surface area contributed by atoms with Crippen LogP contribution >= 0.6 is 0 Å². The Bertz CT molecular complexity index is 1390. The third-order valence-corrected chi connectivity index (χ3v) is 8.61. The third kappa shape index (κ3) is 3.87. The van der Waals surface area contributed by atoms with E-state index in [1.807, 2.05) is 16.7 Å². The summed E-state index contributed by atoms with van der Waals surface area (Å²) in [4.78, 5) is 26.1. The molecule has 2 aliphatic rings. The maximum atomic E-state index is 12.9. The molecule has 2 aromatic carbocycles. The Balaban J connectivity index is 1.27. The zero-order chi connectivity index (χ0) is 23.2. The van der Waals surface area contributed by atoms with E-state index in [4.69, 9.17) is 0 Å². The van der Waals surface area contributed by atoms with Gasteiger partial charge in [0.1, 0.15) is 5.56 Å². The van der Waals surface area contributed by atoms with E-state index in [2.05, 4.69) is 12.2 Å². The summed E-state index contributed by atoms with van der Waals surface area (Å²) in [5, 5.41) is 3.43. The van der Waals surface area contributed by atoms with Gasteiger partial charge in [-0.05, 0) is 61.9 Å². The van der Waals surface area contributed by atoms with Crippen molar-refractivity contribution in [2.24, 2.45) is 0 Å². The Morgan fingerprint density at radius 3 is 2.55 bits per heavy atom. The average Bonchev–Trinajstić information content (AvgIpc) is 3.46. The monoisotopic (exact) mass is 465 g/mol. The number of para-hydroxylation sites is 1. The molecule has 0 spiro atoms. The fourth-order valence-corrected chi connectivity index (χ4v) is 6.42. The molecule has 1 atom stereocenters.